The fourth-order valence-corrected chi connectivity index (χ4v) is 6.39. The molecule has 0 unspecified atom stereocenters. The number of aromatic nitrogens is 2. The van der Waals surface area contributed by atoms with Gasteiger partial charge in [0, 0.05) is 41.7 Å². The van der Waals surface area contributed by atoms with Crippen LogP contribution < -0.4 is 10.6 Å². The highest BCUT2D eigenvalue weighted by Crippen LogP contribution is 2.29. The predicted octanol–water partition coefficient (Wildman–Crippen LogP) is 7.39. The lowest BCUT2D eigenvalue weighted by molar-refractivity contribution is 0.0544. The Bertz CT molecular complexity index is 1810. The number of hydrogen-bond acceptors (Lipinski definition) is 5. The van der Waals surface area contributed by atoms with Gasteiger partial charge in [0.1, 0.15) is 0 Å². The summed E-state index contributed by atoms with van der Waals surface area (Å²) in [6, 6.07) is 19.0. The van der Waals surface area contributed by atoms with Crippen molar-refractivity contribution in [3.63, 3.8) is 0 Å². The third-order valence-electron chi connectivity index (χ3n) is 8.93. The summed E-state index contributed by atoms with van der Waals surface area (Å²) in [7, 11) is 0. The number of carbonyl (C=O) groups is 3. The molecule has 10 nitrogen and oxygen atoms in total. The molecule has 1 atom stereocenters. The minimum Gasteiger partial charge on any atom is -0.394 e. The molecule has 11 heteroatoms. The molecule has 0 aliphatic carbocycles. The van der Waals surface area contributed by atoms with Crippen molar-refractivity contribution in [3.05, 3.63) is 105 Å². The Morgan fingerprint density at radius 1 is 0.939 bits per heavy atom. The second kappa shape index (κ2) is 16.2. The number of anilines is 2. The SMILES string of the molecule is CCCCN(CCCC)C(=O)c1cc(C)n(-c2ccc(NC(=O)Nc3ccc(Cl)cc3C)cc2C(=O)N2Cc3ccccc3C[C@H]2CO)n1. The fourth-order valence-electron chi connectivity index (χ4n) is 6.16. The molecule has 0 radical (unpaired) electrons. The first kappa shape index (κ1) is 35.6. The molecule has 0 bridgehead atoms. The molecule has 258 valence electrons. The second-order valence-electron chi connectivity index (χ2n) is 12.6. The molecule has 0 spiro atoms. The Morgan fingerprint density at radius 2 is 1.65 bits per heavy atom. The number of amides is 4. The molecular weight excluding hydrogens is 640 g/mol. The normalized spacial score (nSPS) is 13.9. The van der Waals surface area contributed by atoms with Gasteiger partial charge in [0.2, 0.25) is 0 Å². The minimum absolute atomic E-state index is 0.142. The molecule has 0 saturated carbocycles. The van der Waals surface area contributed by atoms with Crippen molar-refractivity contribution in [1.82, 2.24) is 19.6 Å². The second-order valence-corrected chi connectivity index (χ2v) is 13.0. The predicted molar refractivity (Wildman–Crippen MR) is 194 cm³/mol. The topological polar surface area (TPSA) is 120 Å². The standard InChI is InChI=1S/C38H45ClN6O4/c1-5-7-17-43(18-8-6-2)37(48)34-20-26(4)45(42-34)35-16-14-30(40-38(49)41-33-15-13-29(39)19-25(33)3)22-32(35)36(47)44-23-28-12-10-9-11-27(28)21-31(44)24-46/h9-16,19-20,22,31,46H,5-8,17-18,21,23-24H2,1-4H3,(H2,40,41,49)/t31-/m0/s1. The summed E-state index contributed by atoms with van der Waals surface area (Å²) in [5, 5.41) is 21.4. The summed E-state index contributed by atoms with van der Waals surface area (Å²) >= 11 is 6.09. The summed E-state index contributed by atoms with van der Waals surface area (Å²) in [6.07, 6.45) is 4.26. The largest absolute Gasteiger partial charge is 0.394 e. The van der Waals surface area contributed by atoms with E-state index in [9.17, 15) is 19.5 Å². The van der Waals surface area contributed by atoms with Crippen LogP contribution in [0.25, 0.3) is 5.69 Å². The van der Waals surface area contributed by atoms with Gasteiger partial charge in [-0.3, -0.25) is 9.59 Å². The van der Waals surface area contributed by atoms with Crippen molar-refractivity contribution in [2.45, 2.75) is 72.4 Å². The number of nitrogens with one attached hydrogen (secondary N) is 2. The first-order valence-corrected chi connectivity index (χ1v) is 17.3. The number of benzene rings is 3. The van der Waals surface area contributed by atoms with E-state index in [-0.39, 0.29) is 24.0 Å². The first-order valence-electron chi connectivity index (χ1n) is 17.0. The quantitative estimate of drug-likeness (QED) is 0.144. The number of aliphatic hydroxyl groups excluding tert-OH is 1. The van der Waals surface area contributed by atoms with E-state index < -0.39 is 12.1 Å². The number of hydrogen-bond donors (Lipinski definition) is 3. The van der Waals surface area contributed by atoms with Crippen molar-refractivity contribution < 1.29 is 19.5 Å². The number of unbranched alkanes of at least 4 members (excludes halogenated alkanes) is 2. The number of fused-ring (bicyclic) bond motifs is 1. The van der Waals surface area contributed by atoms with Crippen LogP contribution in [0.1, 0.15) is 82.8 Å². The molecule has 2 heterocycles. The van der Waals surface area contributed by atoms with Crippen molar-refractivity contribution >= 4 is 40.8 Å². The van der Waals surface area contributed by atoms with Crippen LogP contribution in [0.3, 0.4) is 0 Å². The number of rotatable bonds is 12. The average Bonchev–Trinajstić information content (AvgIpc) is 3.49. The lowest BCUT2D eigenvalue weighted by Crippen LogP contribution is -2.46. The van der Waals surface area contributed by atoms with Crippen LogP contribution in [0.15, 0.2) is 66.7 Å². The van der Waals surface area contributed by atoms with Gasteiger partial charge in [0.25, 0.3) is 11.8 Å². The van der Waals surface area contributed by atoms with E-state index in [1.165, 1.54) is 0 Å². The van der Waals surface area contributed by atoms with Crippen LogP contribution >= 0.6 is 11.6 Å². The average molecular weight is 685 g/mol. The van der Waals surface area contributed by atoms with E-state index in [1.807, 2.05) is 43.0 Å². The molecule has 1 aromatic heterocycles. The maximum absolute atomic E-state index is 14.5. The Balaban J connectivity index is 1.51. The number of carbonyl (C=O) groups excluding carboxylic acids is 3. The maximum Gasteiger partial charge on any atom is 0.323 e. The van der Waals surface area contributed by atoms with E-state index in [4.69, 9.17) is 16.7 Å². The number of aliphatic hydroxyl groups is 1. The smallest absolute Gasteiger partial charge is 0.323 e. The van der Waals surface area contributed by atoms with Crippen molar-refractivity contribution in [2.75, 3.05) is 30.3 Å². The van der Waals surface area contributed by atoms with Gasteiger partial charge in [-0.15, -0.1) is 0 Å². The monoisotopic (exact) mass is 684 g/mol. The van der Waals surface area contributed by atoms with Gasteiger partial charge < -0.3 is 25.5 Å². The molecule has 3 aromatic carbocycles. The zero-order valence-electron chi connectivity index (χ0n) is 28.6. The van der Waals surface area contributed by atoms with Crippen LogP contribution in [-0.2, 0) is 13.0 Å². The Labute approximate surface area is 293 Å². The van der Waals surface area contributed by atoms with E-state index in [2.05, 4.69) is 24.5 Å². The van der Waals surface area contributed by atoms with Gasteiger partial charge >= 0.3 is 6.03 Å². The Morgan fingerprint density at radius 3 is 2.33 bits per heavy atom. The van der Waals surface area contributed by atoms with E-state index >= 15 is 0 Å². The first-order chi connectivity index (χ1) is 23.6. The fraction of sp³-hybridized carbons (Fsp3) is 0.368. The van der Waals surface area contributed by atoms with Crippen molar-refractivity contribution in [1.29, 1.82) is 0 Å². The number of aryl methyl sites for hydroxylation is 2. The lowest BCUT2D eigenvalue weighted by atomic mass is 9.93. The van der Waals surface area contributed by atoms with Gasteiger partial charge in [-0.25, -0.2) is 9.48 Å². The van der Waals surface area contributed by atoms with Crippen LogP contribution in [0.5, 0.6) is 0 Å². The zero-order valence-corrected chi connectivity index (χ0v) is 29.4. The van der Waals surface area contributed by atoms with Gasteiger partial charge in [0.15, 0.2) is 5.69 Å². The Hall–Kier alpha value is -4.67. The zero-order chi connectivity index (χ0) is 35.1. The summed E-state index contributed by atoms with van der Waals surface area (Å²) in [6.45, 7) is 9.32. The van der Waals surface area contributed by atoms with Gasteiger partial charge in [-0.1, -0.05) is 62.6 Å². The van der Waals surface area contributed by atoms with Crippen LogP contribution in [-0.4, -0.2) is 68.3 Å². The summed E-state index contributed by atoms with van der Waals surface area (Å²) in [4.78, 5) is 44.8. The minimum atomic E-state index is -0.487. The highest BCUT2D eigenvalue weighted by Gasteiger charge is 2.32. The molecule has 49 heavy (non-hydrogen) atoms. The molecule has 1 aliphatic rings. The molecule has 0 saturated heterocycles. The van der Waals surface area contributed by atoms with E-state index in [0.717, 1.165) is 42.4 Å². The summed E-state index contributed by atoms with van der Waals surface area (Å²) in [5.41, 5.74) is 5.63. The third-order valence-corrected chi connectivity index (χ3v) is 9.17. The molecule has 1 aliphatic heterocycles. The lowest BCUT2D eigenvalue weighted by Gasteiger charge is -2.36. The molecule has 5 rings (SSSR count). The third kappa shape index (κ3) is 8.32. The van der Waals surface area contributed by atoms with Crippen LogP contribution in [0, 0.1) is 13.8 Å². The molecular formula is C38H45ClN6O4. The van der Waals surface area contributed by atoms with Gasteiger partial charge in [-0.05, 0) is 92.3 Å². The Kier molecular flexibility index (Phi) is 11.7. The number of urea groups is 1. The summed E-state index contributed by atoms with van der Waals surface area (Å²) < 4.78 is 1.62. The van der Waals surface area contributed by atoms with Gasteiger partial charge in [0.05, 0.1) is 23.9 Å². The summed E-state index contributed by atoms with van der Waals surface area (Å²) in [5.74, 6) is -0.464. The van der Waals surface area contributed by atoms with Crippen molar-refractivity contribution in [3.8, 4) is 5.69 Å². The number of nitrogens with zero attached hydrogens (tertiary/aromatic N) is 4. The molecule has 0 fully saturated rings. The molecule has 4 amide bonds. The van der Waals surface area contributed by atoms with Crippen LogP contribution in [0.2, 0.25) is 5.02 Å². The number of halogens is 1. The van der Waals surface area contributed by atoms with Crippen molar-refractivity contribution in [2.24, 2.45) is 0 Å². The highest BCUT2D eigenvalue weighted by molar-refractivity contribution is 6.30. The highest BCUT2D eigenvalue weighted by atomic mass is 35.5. The van der Waals surface area contributed by atoms with Gasteiger partial charge in [-0.2, -0.15) is 5.10 Å². The van der Waals surface area contributed by atoms with E-state index in [1.54, 1.807) is 52.0 Å². The van der Waals surface area contributed by atoms with E-state index in [0.29, 0.717) is 59.5 Å². The molecule has 4 aromatic rings. The van der Waals surface area contributed by atoms with Crippen LogP contribution in [0.4, 0.5) is 16.2 Å². The maximum atomic E-state index is 14.5. The molecule has 3 N–H and O–H groups in total.